The van der Waals surface area contributed by atoms with E-state index in [2.05, 4.69) is 20.3 Å². The summed E-state index contributed by atoms with van der Waals surface area (Å²) in [5.41, 5.74) is 0.687. The molecule has 8 nitrogen and oxygen atoms in total. The van der Waals surface area contributed by atoms with Gasteiger partial charge in [0.2, 0.25) is 0 Å². The molecule has 0 spiro atoms. The van der Waals surface area contributed by atoms with Crippen molar-refractivity contribution in [3.63, 3.8) is 0 Å². The first-order valence-corrected chi connectivity index (χ1v) is 7.75. The van der Waals surface area contributed by atoms with Crippen molar-refractivity contribution in [2.24, 2.45) is 13.0 Å². The molecular formula is C16H19N5O3. The van der Waals surface area contributed by atoms with Gasteiger partial charge in [0.1, 0.15) is 5.75 Å². The molecule has 0 radical (unpaired) electrons. The smallest absolute Gasteiger partial charge is 0.273 e. The van der Waals surface area contributed by atoms with E-state index >= 15 is 0 Å². The molecule has 1 aliphatic heterocycles. The molecule has 1 amide bonds. The second-order valence-electron chi connectivity index (χ2n) is 5.86. The molecule has 2 N–H and O–H groups in total. The first kappa shape index (κ1) is 16.0. The second kappa shape index (κ2) is 6.69. The van der Waals surface area contributed by atoms with E-state index in [4.69, 9.17) is 0 Å². The quantitative estimate of drug-likeness (QED) is 0.827. The number of amides is 1. The average molecular weight is 329 g/mol. The third kappa shape index (κ3) is 3.37. The fourth-order valence-electron chi connectivity index (χ4n) is 2.76. The van der Waals surface area contributed by atoms with Gasteiger partial charge in [-0.3, -0.25) is 9.59 Å². The maximum absolute atomic E-state index is 12.1. The number of carbonyl (C=O) groups is 1. The van der Waals surface area contributed by atoms with E-state index in [1.54, 1.807) is 25.4 Å². The highest BCUT2D eigenvalue weighted by Crippen LogP contribution is 2.21. The zero-order valence-electron chi connectivity index (χ0n) is 13.3. The molecule has 2 aromatic heterocycles. The van der Waals surface area contributed by atoms with E-state index in [0.29, 0.717) is 6.54 Å². The fourth-order valence-corrected chi connectivity index (χ4v) is 2.76. The summed E-state index contributed by atoms with van der Waals surface area (Å²) in [6.45, 7) is 2.04. The van der Waals surface area contributed by atoms with Crippen molar-refractivity contribution >= 4 is 11.6 Å². The lowest BCUT2D eigenvalue weighted by Crippen LogP contribution is -2.32. The van der Waals surface area contributed by atoms with Gasteiger partial charge in [0.15, 0.2) is 5.69 Å². The average Bonchev–Trinajstić information content (AvgIpc) is 3.04. The molecule has 1 fully saturated rings. The second-order valence-corrected chi connectivity index (χ2v) is 5.86. The number of rotatable bonds is 4. The molecule has 0 saturated carbocycles. The van der Waals surface area contributed by atoms with Crippen LogP contribution >= 0.6 is 0 Å². The molecule has 3 heterocycles. The van der Waals surface area contributed by atoms with Crippen LogP contribution < -0.4 is 15.8 Å². The first-order valence-electron chi connectivity index (χ1n) is 7.75. The van der Waals surface area contributed by atoms with Crippen LogP contribution in [0.5, 0.6) is 5.75 Å². The number of nitrogens with one attached hydrogen (secondary N) is 1. The van der Waals surface area contributed by atoms with Crippen molar-refractivity contribution in [1.29, 1.82) is 0 Å². The minimum atomic E-state index is -0.387. The number of aromatic nitrogens is 3. The van der Waals surface area contributed by atoms with Gasteiger partial charge < -0.3 is 15.3 Å². The third-order valence-corrected chi connectivity index (χ3v) is 4.16. The summed E-state index contributed by atoms with van der Waals surface area (Å²) in [7, 11) is 1.61. The normalized spacial score (nSPS) is 17.0. The van der Waals surface area contributed by atoms with Crippen molar-refractivity contribution in [1.82, 2.24) is 20.1 Å². The largest absolute Gasteiger partial charge is 0.505 e. The SMILES string of the molecule is Cn1ncc(N2CCC(CNC(=O)c3ncccc3O)C2)cc1=O. The Kier molecular flexibility index (Phi) is 4.45. The van der Waals surface area contributed by atoms with Gasteiger partial charge in [0, 0.05) is 38.9 Å². The molecule has 3 rings (SSSR count). The molecule has 2 aromatic rings. The van der Waals surface area contributed by atoms with Crippen LogP contribution in [0.2, 0.25) is 0 Å². The Morgan fingerprint density at radius 1 is 1.50 bits per heavy atom. The van der Waals surface area contributed by atoms with Crippen molar-refractivity contribution in [2.75, 3.05) is 24.5 Å². The van der Waals surface area contributed by atoms with Crippen molar-refractivity contribution in [2.45, 2.75) is 6.42 Å². The van der Waals surface area contributed by atoms with Crippen LogP contribution in [-0.2, 0) is 7.05 Å². The highest BCUT2D eigenvalue weighted by molar-refractivity contribution is 5.94. The number of hydrogen-bond donors (Lipinski definition) is 2. The molecule has 24 heavy (non-hydrogen) atoms. The Morgan fingerprint density at radius 2 is 2.33 bits per heavy atom. The lowest BCUT2D eigenvalue weighted by atomic mass is 10.1. The molecule has 1 aliphatic rings. The number of hydrogen-bond acceptors (Lipinski definition) is 6. The zero-order valence-corrected chi connectivity index (χ0v) is 13.3. The fraction of sp³-hybridized carbons (Fsp3) is 0.375. The van der Waals surface area contributed by atoms with Crippen molar-refractivity contribution in [3.8, 4) is 5.75 Å². The minimum absolute atomic E-state index is 0.0307. The number of pyridine rings is 1. The zero-order chi connectivity index (χ0) is 17.1. The van der Waals surface area contributed by atoms with Gasteiger partial charge in [-0.05, 0) is 24.5 Å². The molecule has 0 aromatic carbocycles. The van der Waals surface area contributed by atoms with E-state index in [-0.39, 0.29) is 28.8 Å². The minimum Gasteiger partial charge on any atom is -0.505 e. The molecule has 1 unspecified atom stereocenters. The number of carbonyl (C=O) groups excluding carboxylic acids is 1. The van der Waals surface area contributed by atoms with Crippen LogP contribution in [0, 0.1) is 5.92 Å². The van der Waals surface area contributed by atoms with Crippen LogP contribution in [0.3, 0.4) is 0 Å². The van der Waals surface area contributed by atoms with Gasteiger partial charge in [0.05, 0.1) is 11.9 Å². The van der Waals surface area contributed by atoms with E-state index in [1.165, 1.54) is 16.9 Å². The Balaban J connectivity index is 1.56. The van der Waals surface area contributed by atoms with Crippen molar-refractivity contribution < 1.29 is 9.90 Å². The molecular weight excluding hydrogens is 310 g/mol. The number of anilines is 1. The Labute approximate surface area is 138 Å². The summed E-state index contributed by atoms with van der Waals surface area (Å²) in [6, 6.07) is 4.57. The summed E-state index contributed by atoms with van der Waals surface area (Å²) in [6.07, 6.45) is 4.05. The number of nitrogens with zero attached hydrogens (tertiary/aromatic N) is 4. The van der Waals surface area contributed by atoms with E-state index in [9.17, 15) is 14.7 Å². The van der Waals surface area contributed by atoms with Gasteiger partial charge in [-0.15, -0.1) is 0 Å². The number of aromatic hydroxyl groups is 1. The van der Waals surface area contributed by atoms with Gasteiger partial charge in [-0.25, -0.2) is 9.67 Å². The standard InChI is InChI=1S/C16H19N5O3/c1-20-14(23)7-12(9-19-20)21-6-4-11(10-21)8-18-16(24)15-13(22)3-2-5-17-15/h2-3,5,7,9,11,22H,4,6,8,10H2,1H3,(H,18,24). The number of aryl methyl sites for hydroxylation is 1. The molecule has 8 heteroatoms. The Morgan fingerprint density at radius 3 is 3.08 bits per heavy atom. The summed E-state index contributed by atoms with van der Waals surface area (Å²) >= 11 is 0. The predicted molar refractivity (Wildman–Crippen MR) is 88.0 cm³/mol. The van der Waals surface area contributed by atoms with E-state index in [1.807, 2.05) is 0 Å². The molecule has 1 saturated heterocycles. The van der Waals surface area contributed by atoms with Crippen LogP contribution in [0.1, 0.15) is 16.9 Å². The van der Waals surface area contributed by atoms with Crippen LogP contribution in [0.25, 0.3) is 0 Å². The van der Waals surface area contributed by atoms with E-state index in [0.717, 1.165) is 25.2 Å². The Bertz CT molecular complexity index is 804. The molecule has 126 valence electrons. The summed E-state index contributed by atoms with van der Waals surface area (Å²) in [5.74, 6) is -0.250. The van der Waals surface area contributed by atoms with Crippen molar-refractivity contribution in [3.05, 3.63) is 46.6 Å². The molecule has 0 bridgehead atoms. The van der Waals surface area contributed by atoms with Gasteiger partial charge in [-0.1, -0.05) is 0 Å². The first-order chi connectivity index (χ1) is 11.5. The third-order valence-electron chi connectivity index (χ3n) is 4.16. The molecule has 0 aliphatic carbocycles. The van der Waals surface area contributed by atoms with E-state index < -0.39 is 0 Å². The summed E-state index contributed by atoms with van der Waals surface area (Å²) < 4.78 is 1.29. The van der Waals surface area contributed by atoms with Gasteiger partial charge >= 0.3 is 0 Å². The Hall–Kier alpha value is -2.90. The van der Waals surface area contributed by atoms with Gasteiger partial charge in [-0.2, -0.15) is 5.10 Å². The lowest BCUT2D eigenvalue weighted by Gasteiger charge is -2.18. The maximum atomic E-state index is 12.1. The topological polar surface area (TPSA) is 100 Å². The summed E-state index contributed by atoms with van der Waals surface area (Å²) in [4.78, 5) is 29.7. The highest BCUT2D eigenvalue weighted by Gasteiger charge is 2.24. The van der Waals surface area contributed by atoms with Crippen LogP contribution in [-0.4, -0.2) is 45.4 Å². The van der Waals surface area contributed by atoms with Gasteiger partial charge in [0.25, 0.3) is 11.5 Å². The monoisotopic (exact) mass is 329 g/mol. The summed E-state index contributed by atoms with van der Waals surface area (Å²) in [5, 5.41) is 16.5. The van der Waals surface area contributed by atoms with Crippen LogP contribution in [0.15, 0.2) is 35.4 Å². The molecule has 1 atom stereocenters. The highest BCUT2D eigenvalue weighted by atomic mass is 16.3. The van der Waals surface area contributed by atoms with Crippen LogP contribution in [0.4, 0.5) is 5.69 Å². The lowest BCUT2D eigenvalue weighted by molar-refractivity contribution is 0.0940. The maximum Gasteiger partial charge on any atom is 0.273 e. The predicted octanol–water partition coefficient (Wildman–Crippen LogP) is 0.137.